The second kappa shape index (κ2) is 5.01. The summed E-state index contributed by atoms with van der Waals surface area (Å²) in [6, 6.07) is 7.04. The van der Waals surface area contributed by atoms with Crippen LogP contribution in [0.2, 0.25) is 0 Å². The molecule has 1 aromatic carbocycles. The largest absolute Gasteiger partial charge is 0.497 e. The zero-order chi connectivity index (χ0) is 12.1. The lowest BCUT2D eigenvalue weighted by molar-refractivity contribution is -0.403. The lowest BCUT2D eigenvalue weighted by Gasteiger charge is -2.17. The fraction of sp³-hybridized carbons (Fsp3) is 0.200. The number of hydrogen-bond donors (Lipinski definition) is 1. The first kappa shape index (κ1) is 11.8. The normalized spacial score (nSPS) is 11.0. The maximum Gasteiger partial charge on any atom is 0.274 e. The van der Waals surface area contributed by atoms with Crippen LogP contribution in [0.25, 0.3) is 0 Å². The summed E-state index contributed by atoms with van der Waals surface area (Å²) in [4.78, 5) is 11.2. The van der Waals surface area contributed by atoms with Gasteiger partial charge in [-0.3, -0.25) is 10.1 Å². The Bertz CT molecular complexity index is 400. The molecule has 0 atom stereocenters. The predicted octanol–water partition coefficient (Wildman–Crippen LogP) is 1.17. The highest BCUT2D eigenvalue weighted by Gasteiger charge is 2.06. The summed E-state index contributed by atoms with van der Waals surface area (Å²) >= 11 is 0. The number of ether oxygens (including phenoxy) is 1. The molecule has 0 bridgehead atoms. The van der Waals surface area contributed by atoms with Crippen molar-refractivity contribution in [1.29, 1.82) is 0 Å². The lowest BCUT2D eigenvalue weighted by Crippen LogP contribution is -2.23. The van der Waals surface area contributed by atoms with Gasteiger partial charge < -0.3 is 15.4 Å². The van der Waals surface area contributed by atoms with Gasteiger partial charge in [0.2, 0.25) is 0 Å². The third-order valence-electron chi connectivity index (χ3n) is 2.08. The first-order valence-electron chi connectivity index (χ1n) is 4.53. The molecule has 0 spiro atoms. The Balaban J connectivity index is 2.87. The van der Waals surface area contributed by atoms with Crippen LogP contribution in [0.4, 0.5) is 5.69 Å². The Morgan fingerprint density at radius 1 is 1.50 bits per heavy atom. The number of nitrogens with two attached hydrogens (primary N) is 1. The van der Waals surface area contributed by atoms with Crippen LogP contribution in [-0.2, 0) is 0 Å². The Morgan fingerprint density at radius 2 is 2.06 bits per heavy atom. The van der Waals surface area contributed by atoms with E-state index in [1.807, 2.05) is 0 Å². The van der Waals surface area contributed by atoms with Gasteiger partial charge in [-0.15, -0.1) is 0 Å². The molecular formula is C10H13N3O3. The minimum absolute atomic E-state index is 0.0650. The highest BCUT2D eigenvalue weighted by Crippen LogP contribution is 2.19. The van der Waals surface area contributed by atoms with Gasteiger partial charge in [0, 0.05) is 12.7 Å². The maximum absolute atomic E-state index is 10.2. The van der Waals surface area contributed by atoms with Gasteiger partial charge in [-0.2, -0.15) is 0 Å². The van der Waals surface area contributed by atoms with Gasteiger partial charge in [0.05, 0.1) is 12.0 Å². The summed E-state index contributed by atoms with van der Waals surface area (Å²) < 4.78 is 5.00. The average molecular weight is 223 g/mol. The minimum atomic E-state index is -0.588. The van der Waals surface area contributed by atoms with E-state index in [-0.39, 0.29) is 5.82 Å². The lowest BCUT2D eigenvalue weighted by atomic mass is 10.3. The molecule has 0 fully saturated rings. The van der Waals surface area contributed by atoms with Crippen molar-refractivity contribution >= 4 is 5.69 Å². The first-order valence-corrected chi connectivity index (χ1v) is 4.53. The van der Waals surface area contributed by atoms with Gasteiger partial charge in [0.1, 0.15) is 5.75 Å². The fourth-order valence-corrected chi connectivity index (χ4v) is 1.15. The monoisotopic (exact) mass is 223 g/mol. The maximum atomic E-state index is 10.2. The molecule has 16 heavy (non-hydrogen) atoms. The molecule has 0 aliphatic carbocycles. The van der Waals surface area contributed by atoms with E-state index in [9.17, 15) is 10.1 Å². The number of nitro groups is 1. The van der Waals surface area contributed by atoms with E-state index in [1.165, 1.54) is 4.90 Å². The van der Waals surface area contributed by atoms with E-state index in [1.54, 1.807) is 38.4 Å². The molecule has 6 heteroatoms. The fourth-order valence-electron chi connectivity index (χ4n) is 1.15. The van der Waals surface area contributed by atoms with Crippen molar-refractivity contribution in [2.75, 3.05) is 19.1 Å². The van der Waals surface area contributed by atoms with Gasteiger partial charge in [-0.05, 0) is 24.3 Å². The van der Waals surface area contributed by atoms with Crippen LogP contribution in [0, 0.1) is 10.1 Å². The van der Waals surface area contributed by atoms with Gasteiger partial charge in [-0.25, -0.2) is 0 Å². The highest BCUT2D eigenvalue weighted by molar-refractivity contribution is 5.52. The third kappa shape index (κ3) is 2.88. The zero-order valence-electron chi connectivity index (χ0n) is 9.08. The first-order chi connectivity index (χ1) is 7.54. The molecule has 2 N–H and O–H groups in total. The van der Waals surface area contributed by atoms with E-state index in [2.05, 4.69) is 0 Å². The standard InChI is InChI=1S/C10H13N3O3/c1-12(10(11)7-13(14)15)8-3-5-9(16-2)6-4-8/h3-7H,11H2,1-2H3/b10-7+. The van der Waals surface area contributed by atoms with Crippen LogP contribution in [0.15, 0.2) is 36.3 Å². The van der Waals surface area contributed by atoms with Crippen LogP contribution in [0.1, 0.15) is 0 Å². The average Bonchev–Trinajstić information content (AvgIpc) is 2.27. The number of anilines is 1. The molecule has 1 aromatic rings. The van der Waals surface area contributed by atoms with Crippen LogP contribution in [0.3, 0.4) is 0 Å². The van der Waals surface area contributed by atoms with E-state index in [0.717, 1.165) is 11.9 Å². The molecule has 0 heterocycles. The molecule has 0 aliphatic heterocycles. The van der Waals surface area contributed by atoms with Gasteiger partial charge in [0.15, 0.2) is 5.82 Å². The van der Waals surface area contributed by atoms with Gasteiger partial charge in [0.25, 0.3) is 6.20 Å². The van der Waals surface area contributed by atoms with Crippen LogP contribution in [0.5, 0.6) is 5.75 Å². The number of hydrogen-bond acceptors (Lipinski definition) is 5. The molecule has 86 valence electrons. The Morgan fingerprint density at radius 3 is 2.50 bits per heavy atom. The summed E-state index contributed by atoms with van der Waals surface area (Å²) in [6.45, 7) is 0. The Labute approximate surface area is 93.1 Å². The number of methoxy groups -OCH3 is 1. The van der Waals surface area contributed by atoms with Crippen LogP contribution < -0.4 is 15.4 Å². The summed E-state index contributed by atoms with van der Waals surface area (Å²) in [7, 11) is 3.22. The number of nitrogens with zero attached hydrogens (tertiary/aromatic N) is 2. The molecule has 0 saturated heterocycles. The van der Waals surface area contributed by atoms with Gasteiger partial charge in [-0.1, -0.05) is 0 Å². The van der Waals surface area contributed by atoms with E-state index < -0.39 is 4.92 Å². The van der Waals surface area contributed by atoms with Crippen molar-refractivity contribution in [3.05, 3.63) is 46.4 Å². The molecule has 1 rings (SSSR count). The number of rotatable bonds is 4. The zero-order valence-corrected chi connectivity index (χ0v) is 9.08. The molecule has 0 saturated carbocycles. The molecule has 0 unspecified atom stereocenters. The van der Waals surface area contributed by atoms with Crippen LogP contribution >= 0.6 is 0 Å². The molecule has 6 nitrogen and oxygen atoms in total. The molecule has 0 radical (unpaired) electrons. The second-order valence-electron chi connectivity index (χ2n) is 3.10. The predicted molar refractivity (Wildman–Crippen MR) is 60.7 cm³/mol. The summed E-state index contributed by atoms with van der Waals surface area (Å²) in [5, 5.41) is 10.2. The SMILES string of the molecule is COc1ccc(N(C)/C(N)=C/[N+](=O)[O-])cc1. The summed E-state index contributed by atoms with van der Waals surface area (Å²) in [5.74, 6) is 0.782. The van der Waals surface area contributed by atoms with Crippen molar-refractivity contribution in [2.24, 2.45) is 5.73 Å². The van der Waals surface area contributed by atoms with Crippen molar-refractivity contribution in [2.45, 2.75) is 0 Å². The molecule has 0 aliphatic rings. The highest BCUT2D eigenvalue weighted by atomic mass is 16.6. The van der Waals surface area contributed by atoms with Gasteiger partial charge >= 0.3 is 0 Å². The summed E-state index contributed by atoms with van der Waals surface area (Å²) in [6.07, 6.45) is 0.754. The van der Waals surface area contributed by atoms with Crippen molar-refractivity contribution < 1.29 is 9.66 Å². The Kier molecular flexibility index (Phi) is 3.71. The van der Waals surface area contributed by atoms with Crippen molar-refractivity contribution in [3.63, 3.8) is 0 Å². The van der Waals surface area contributed by atoms with E-state index >= 15 is 0 Å². The van der Waals surface area contributed by atoms with Crippen molar-refractivity contribution in [3.8, 4) is 5.75 Å². The molecular weight excluding hydrogens is 210 g/mol. The topological polar surface area (TPSA) is 81.6 Å². The molecule has 0 amide bonds. The Hall–Kier alpha value is -2.24. The smallest absolute Gasteiger partial charge is 0.274 e. The van der Waals surface area contributed by atoms with E-state index in [0.29, 0.717) is 5.75 Å². The summed E-state index contributed by atoms with van der Waals surface area (Å²) in [5.41, 5.74) is 6.28. The van der Waals surface area contributed by atoms with Crippen molar-refractivity contribution in [1.82, 2.24) is 0 Å². The van der Waals surface area contributed by atoms with E-state index in [4.69, 9.17) is 10.5 Å². The molecule has 0 aromatic heterocycles. The minimum Gasteiger partial charge on any atom is -0.497 e. The quantitative estimate of drug-likeness (QED) is 0.612. The third-order valence-corrected chi connectivity index (χ3v) is 2.08. The van der Waals surface area contributed by atoms with Crippen LogP contribution in [-0.4, -0.2) is 19.1 Å². The second-order valence-corrected chi connectivity index (χ2v) is 3.10. The number of benzene rings is 1.